The maximum atomic E-state index is 6.68. The Morgan fingerprint density at radius 2 is 1.17 bits per heavy atom. The Kier molecular flexibility index (Phi) is 7.43. The zero-order valence-electron chi connectivity index (χ0n) is 31.3. The van der Waals surface area contributed by atoms with Crippen molar-refractivity contribution in [2.45, 2.75) is 6.23 Å². The van der Waals surface area contributed by atoms with Gasteiger partial charge in [-0.3, -0.25) is 0 Å². The SMILES string of the molecule is c1ccc(C2Nc3ccc4cccc(-c5ccc(N(c6ccc7sc8ccccc8c7c6)c6ccc7c(c6)c6ccccc6n7-c6ccccc6)cc5)c4c3O2)cc1. The third-order valence-electron chi connectivity index (χ3n) is 11.6. The number of anilines is 4. The molecule has 58 heavy (non-hydrogen) atoms. The Hall–Kier alpha value is -7.34. The van der Waals surface area contributed by atoms with Gasteiger partial charge < -0.3 is 19.5 Å². The molecule has 274 valence electrons. The smallest absolute Gasteiger partial charge is 0.196 e. The van der Waals surface area contributed by atoms with Gasteiger partial charge in [0, 0.05) is 64.6 Å². The highest BCUT2D eigenvalue weighted by molar-refractivity contribution is 7.25. The number of aromatic nitrogens is 1. The summed E-state index contributed by atoms with van der Waals surface area (Å²) in [5.41, 5.74) is 11.2. The number of hydrogen-bond donors (Lipinski definition) is 1. The normalized spacial score (nSPS) is 13.6. The van der Waals surface area contributed by atoms with Crippen molar-refractivity contribution in [3.8, 4) is 22.6 Å². The van der Waals surface area contributed by atoms with E-state index in [1.54, 1.807) is 0 Å². The van der Waals surface area contributed by atoms with E-state index in [9.17, 15) is 0 Å². The first kappa shape index (κ1) is 32.9. The fourth-order valence-corrected chi connectivity index (χ4v) is 10.0. The van der Waals surface area contributed by atoms with E-state index < -0.39 is 0 Å². The van der Waals surface area contributed by atoms with Crippen molar-refractivity contribution in [1.29, 1.82) is 0 Å². The van der Waals surface area contributed by atoms with E-state index in [4.69, 9.17) is 4.74 Å². The van der Waals surface area contributed by atoms with Crippen molar-refractivity contribution in [2.75, 3.05) is 10.2 Å². The zero-order valence-corrected chi connectivity index (χ0v) is 32.2. The molecule has 0 spiro atoms. The van der Waals surface area contributed by atoms with Crippen LogP contribution in [0.4, 0.5) is 22.7 Å². The molecule has 0 fully saturated rings. The highest BCUT2D eigenvalue weighted by atomic mass is 32.1. The van der Waals surface area contributed by atoms with Crippen molar-refractivity contribution in [1.82, 2.24) is 4.57 Å². The third-order valence-corrected chi connectivity index (χ3v) is 12.8. The maximum Gasteiger partial charge on any atom is 0.196 e. The molecule has 3 heterocycles. The maximum absolute atomic E-state index is 6.68. The number of hydrogen-bond acceptors (Lipinski definition) is 4. The predicted molar refractivity (Wildman–Crippen MR) is 245 cm³/mol. The van der Waals surface area contributed by atoms with Crippen molar-refractivity contribution in [2.24, 2.45) is 0 Å². The Balaban J connectivity index is 1.01. The lowest BCUT2D eigenvalue weighted by molar-refractivity contribution is 0.262. The van der Waals surface area contributed by atoms with Gasteiger partial charge in [0.2, 0.25) is 0 Å². The third kappa shape index (κ3) is 5.21. The van der Waals surface area contributed by atoms with Gasteiger partial charge in [-0.1, -0.05) is 121 Å². The molecular weight excluding hydrogens is 727 g/mol. The summed E-state index contributed by atoms with van der Waals surface area (Å²) in [6.45, 7) is 0. The van der Waals surface area contributed by atoms with E-state index in [0.29, 0.717) is 0 Å². The number of para-hydroxylation sites is 2. The van der Waals surface area contributed by atoms with Crippen LogP contribution in [0.1, 0.15) is 11.8 Å². The number of ether oxygens (including phenoxy) is 1. The van der Waals surface area contributed by atoms with E-state index in [1.165, 1.54) is 42.0 Å². The summed E-state index contributed by atoms with van der Waals surface area (Å²) in [7, 11) is 0. The second-order valence-corrected chi connectivity index (χ2v) is 16.0. The van der Waals surface area contributed by atoms with Crippen LogP contribution in [0.3, 0.4) is 0 Å². The Bertz CT molecular complexity index is 3350. The lowest BCUT2D eigenvalue weighted by Crippen LogP contribution is -2.10. The van der Waals surface area contributed by atoms with E-state index in [-0.39, 0.29) is 6.23 Å². The average molecular weight is 762 g/mol. The standard InChI is InChI=1S/C53H35N3OS/c1-3-12-36(13-4-1)53-54-46-29-24-35-14-11-19-41(51(35)52(46)57-53)34-22-25-38(26-23-34)55(40-28-31-50-45(33-40)43-18-8-10-21-49(43)58-50)39-27-30-48-44(32-39)42-17-7-9-20-47(42)56(48)37-15-5-2-6-16-37/h1-33,53-54H. The molecule has 1 unspecified atom stereocenters. The van der Waals surface area contributed by atoms with Crippen LogP contribution in [0.2, 0.25) is 0 Å². The highest BCUT2D eigenvalue weighted by Gasteiger charge is 2.27. The molecule has 0 saturated carbocycles. The summed E-state index contributed by atoms with van der Waals surface area (Å²) in [5, 5.41) is 10.9. The van der Waals surface area contributed by atoms with Gasteiger partial charge in [0.25, 0.3) is 0 Å². The number of thiophene rings is 1. The molecule has 2 aromatic heterocycles. The summed E-state index contributed by atoms with van der Waals surface area (Å²) in [6, 6.07) is 72.2. The molecule has 0 radical (unpaired) electrons. The van der Waals surface area contributed by atoms with E-state index in [1.807, 2.05) is 17.4 Å². The van der Waals surface area contributed by atoms with Crippen molar-refractivity contribution >= 4 is 86.8 Å². The molecule has 0 saturated heterocycles. The van der Waals surface area contributed by atoms with Crippen LogP contribution in [-0.4, -0.2) is 4.57 Å². The summed E-state index contributed by atoms with van der Waals surface area (Å²) >= 11 is 1.85. The minimum Gasteiger partial charge on any atom is -0.464 e. The van der Waals surface area contributed by atoms with E-state index >= 15 is 0 Å². The Labute approximate surface area is 339 Å². The van der Waals surface area contributed by atoms with Crippen LogP contribution < -0.4 is 15.0 Å². The second kappa shape index (κ2) is 13.1. The molecule has 1 aliphatic rings. The van der Waals surface area contributed by atoms with Crippen LogP contribution in [-0.2, 0) is 0 Å². The van der Waals surface area contributed by atoms with Gasteiger partial charge in [0.1, 0.15) is 0 Å². The lowest BCUT2D eigenvalue weighted by atomic mass is 9.96. The number of benzene rings is 9. The molecule has 12 rings (SSSR count). The zero-order chi connectivity index (χ0) is 38.2. The Morgan fingerprint density at radius 3 is 2.02 bits per heavy atom. The average Bonchev–Trinajstić information content (AvgIpc) is 3.99. The number of nitrogens with zero attached hydrogens (tertiary/aromatic N) is 2. The first-order valence-corrected chi connectivity index (χ1v) is 20.5. The molecule has 0 amide bonds. The minimum absolute atomic E-state index is 0.234. The topological polar surface area (TPSA) is 29.4 Å². The first-order valence-electron chi connectivity index (χ1n) is 19.7. The molecule has 11 aromatic rings. The van der Waals surface area contributed by atoms with Crippen LogP contribution in [0.5, 0.6) is 5.75 Å². The molecule has 9 aromatic carbocycles. The molecule has 0 bridgehead atoms. The lowest BCUT2D eigenvalue weighted by Gasteiger charge is -2.26. The van der Waals surface area contributed by atoms with Gasteiger partial charge >= 0.3 is 0 Å². The number of fused-ring (bicyclic) bond motifs is 9. The van der Waals surface area contributed by atoms with Gasteiger partial charge in [0.05, 0.1) is 16.7 Å². The van der Waals surface area contributed by atoms with Crippen LogP contribution in [0.15, 0.2) is 200 Å². The second-order valence-electron chi connectivity index (χ2n) is 14.9. The fourth-order valence-electron chi connectivity index (χ4n) is 8.94. The molecule has 5 heteroatoms. The molecular formula is C53H35N3OS. The number of nitrogens with one attached hydrogen (secondary N) is 1. The summed E-state index contributed by atoms with van der Waals surface area (Å²) in [4.78, 5) is 2.40. The monoisotopic (exact) mass is 761 g/mol. The molecule has 1 aliphatic heterocycles. The Morgan fingerprint density at radius 1 is 0.500 bits per heavy atom. The van der Waals surface area contributed by atoms with Crippen LogP contribution in [0.25, 0.3) is 69.6 Å². The van der Waals surface area contributed by atoms with E-state index in [0.717, 1.165) is 61.6 Å². The van der Waals surface area contributed by atoms with Gasteiger partial charge in [-0.25, -0.2) is 0 Å². The van der Waals surface area contributed by atoms with Crippen LogP contribution >= 0.6 is 11.3 Å². The molecule has 1 atom stereocenters. The first-order chi connectivity index (χ1) is 28.7. The quantitative estimate of drug-likeness (QED) is 0.183. The van der Waals surface area contributed by atoms with Crippen LogP contribution in [0, 0.1) is 0 Å². The van der Waals surface area contributed by atoms with Gasteiger partial charge in [-0.05, 0) is 95.4 Å². The van der Waals surface area contributed by atoms with Crippen molar-refractivity contribution in [3.63, 3.8) is 0 Å². The van der Waals surface area contributed by atoms with E-state index in [2.05, 4.69) is 209 Å². The molecule has 1 N–H and O–H groups in total. The fraction of sp³-hybridized carbons (Fsp3) is 0.0189. The van der Waals surface area contributed by atoms with Gasteiger partial charge in [0.15, 0.2) is 12.0 Å². The molecule has 4 nitrogen and oxygen atoms in total. The summed E-state index contributed by atoms with van der Waals surface area (Å²) in [5.74, 6) is 0.895. The largest absolute Gasteiger partial charge is 0.464 e. The predicted octanol–water partition coefficient (Wildman–Crippen LogP) is 14.9. The van der Waals surface area contributed by atoms with Gasteiger partial charge in [-0.2, -0.15) is 0 Å². The summed E-state index contributed by atoms with van der Waals surface area (Å²) < 4.78 is 11.6. The van der Waals surface area contributed by atoms with Crippen molar-refractivity contribution in [3.05, 3.63) is 206 Å². The molecule has 0 aliphatic carbocycles. The van der Waals surface area contributed by atoms with Gasteiger partial charge in [-0.15, -0.1) is 11.3 Å². The van der Waals surface area contributed by atoms with Crippen molar-refractivity contribution < 1.29 is 4.74 Å². The minimum atomic E-state index is -0.234. The summed E-state index contributed by atoms with van der Waals surface area (Å²) in [6.07, 6.45) is -0.234. The highest BCUT2D eigenvalue weighted by Crippen LogP contribution is 2.48. The number of rotatable bonds is 6.